The summed E-state index contributed by atoms with van der Waals surface area (Å²) >= 11 is 0. The van der Waals surface area contributed by atoms with Crippen molar-refractivity contribution in [3.8, 4) is 44.8 Å². The molecule has 20 heteroatoms. The summed E-state index contributed by atoms with van der Waals surface area (Å²) < 4.78 is 75.2. The van der Waals surface area contributed by atoms with Crippen LogP contribution < -0.4 is 15.1 Å². The van der Waals surface area contributed by atoms with Crippen LogP contribution in [0.15, 0.2) is 135 Å². The van der Waals surface area contributed by atoms with Crippen LogP contribution in [0.4, 0.5) is 33.3 Å². The Morgan fingerprint density at radius 3 is 1.57 bits per heavy atom. The number of amides is 1. The van der Waals surface area contributed by atoms with Crippen molar-refractivity contribution >= 4 is 23.3 Å². The molecule has 4 aromatic heterocycles. The summed E-state index contributed by atoms with van der Waals surface area (Å²) in [6, 6.07) is 28.6. The first-order valence-electron chi connectivity index (χ1n) is 26.3. The van der Waals surface area contributed by atoms with E-state index in [2.05, 4.69) is 99.1 Å². The Hall–Kier alpha value is -8.13. The monoisotopic (exact) mass is 1100 g/mol. The average molecular weight is 1100 g/mol. The molecule has 420 valence electrons. The van der Waals surface area contributed by atoms with Crippen molar-refractivity contribution in [2.75, 3.05) is 55.7 Å². The fraction of sp³-hybridized carbons (Fsp3) is 0.367. The van der Waals surface area contributed by atoms with Gasteiger partial charge in [-0.2, -0.15) is 23.4 Å². The normalized spacial score (nSPS) is 18.3. The number of aliphatic carboxylic acids is 1. The number of hydrogen-bond acceptors (Lipinski definition) is 9. The Morgan fingerprint density at radius 1 is 0.650 bits per heavy atom. The number of rotatable bonds is 10. The van der Waals surface area contributed by atoms with Crippen molar-refractivity contribution in [3.05, 3.63) is 158 Å². The van der Waals surface area contributed by atoms with Crippen LogP contribution in [0.1, 0.15) is 83.1 Å². The lowest BCUT2D eigenvalue weighted by molar-refractivity contribution is -0.192. The molecule has 3 atom stereocenters. The van der Waals surface area contributed by atoms with Crippen LogP contribution in [0.5, 0.6) is 0 Å². The first-order chi connectivity index (χ1) is 37.8. The number of hydrogen-bond donors (Lipinski definition) is 2. The number of alkyl halides is 3. The van der Waals surface area contributed by atoms with E-state index in [0.717, 1.165) is 122 Å². The third-order valence-corrected chi connectivity index (χ3v) is 15.8. The van der Waals surface area contributed by atoms with Crippen LogP contribution in [0, 0.1) is 23.5 Å². The molecule has 2 unspecified atom stereocenters. The van der Waals surface area contributed by atoms with Crippen molar-refractivity contribution in [2.24, 2.45) is 11.8 Å². The van der Waals surface area contributed by atoms with Crippen LogP contribution in [-0.4, -0.2) is 108 Å². The maximum atomic E-state index is 14.9. The maximum absolute atomic E-state index is 14.9. The highest BCUT2D eigenvalue weighted by Gasteiger charge is 2.40. The number of carboxylic acids is 1. The third-order valence-electron chi connectivity index (χ3n) is 15.8. The van der Waals surface area contributed by atoms with Crippen LogP contribution in [0.25, 0.3) is 44.8 Å². The number of benzene rings is 4. The maximum Gasteiger partial charge on any atom is 0.490 e. The van der Waals surface area contributed by atoms with Crippen LogP contribution in [0.3, 0.4) is 0 Å². The number of halogens is 5. The molecule has 80 heavy (non-hydrogen) atoms. The molecule has 0 spiro atoms. The number of carbonyl (C=O) groups excluding carboxylic acids is 1. The standard InChI is InChI=1S/C28H29FN6O.C28H28FN5O.C2HF3O2.2CH4/c1-19(36)31-11-14-34-17-22(15-32-34)20-5-7-23(8-6-20)33-12-9-21(10-13-33)28-27-24(3-2-4-25(27)29)26-16-30-18-35(26)28;29-25-3-1-2-24-26-15-30-18-33(26)28(27(24)25)20-8-11-32(12-9-20)22-6-4-19(5-7-22)21-14-31-34(16-21)23-10-13-35-17-23;3-2(4,5)1(6)7;;/h2-8,15-18,21,28H,9-14H2,1H3,(H,31,36);1-7,14-16,18,20,23,28H,8-13,17H2;(H,6,7);2*1H4/t;23-,28?;;;/m.0.../s1. The van der Waals surface area contributed by atoms with Crippen molar-refractivity contribution in [1.82, 2.24) is 44.0 Å². The summed E-state index contributed by atoms with van der Waals surface area (Å²) in [4.78, 5) is 33.5. The number of nitrogens with zero attached hydrogens (tertiary/aromatic N) is 10. The second kappa shape index (κ2) is 24.1. The van der Waals surface area contributed by atoms with Crippen LogP contribution in [-0.2, 0) is 20.9 Å². The zero-order valence-electron chi connectivity index (χ0n) is 42.8. The quantitative estimate of drug-likeness (QED) is 0.127. The molecule has 4 aromatic carbocycles. The number of fused-ring (bicyclic) bond motifs is 6. The number of carbonyl (C=O) groups is 2. The van der Waals surface area contributed by atoms with Crippen molar-refractivity contribution in [1.29, 1.82) is 0 Å². The molecule has 15 nitrogen and oxygen atoms in total. The minimum Gasteiger partial charge on any atom is -0.475 e. The fourth-order valence-corrected chi connectivity index (χ4v) is 11.9. The highest BCUT2D eigenvalue weighted by atomic mass is 19.4. The van der Waals surface area contributed by atoms with Crippen molar-refractivity contribution < 1.29 is 41.4 Å². The lowest BCUT2D eigenvalue weighted by atomic mass is 9.85. The molecular formula is C60H66F5N11O4. The minimum atomic E-state index is -5.08. The van der Waals surface area contributed by atoms with Gasteiger partial charge in [0, 0.05) is 103 Å². The molecule has 3 fully saturated rings. The highest BCUT2D eigenvalue weighted by molar-refractivity contribution is 5.74. The average Bonchev–Trinajstić information content (AvgIpc) is 4.51. The molecule has 8 aromatic rings. The lowest BCUT2D eigenvalue weighted by Crippen LogP contribution is -2.36. The third kappa shape index (κ3) is 11.6. The number of imidazole rings is 2. The highest BCUT2D eigenvalue weighted by Crippen LogP contribution is 2.49. The van der Waals surface area contributed by atoms with Gasteiger partial charge in [0.25, 0.3) is 0 Å². The Balaban J connectivity index is 0.000000169. The minimum absolute atomic E-state index is 0. The molecule has 5 aliphatic heterocycles. The Bertz CT molecular complexity index is 3380. The van der Waals surface area contributed by atoms with Gasteiger partial charge in [-0.25, -0.2) is 23.5 Å². The zero-order valence-corrected chi connectivity index (χ0v) is 42.8. The Kier molecular flexibility index (Phi) is 17.0. The van der Waals surface area contributed by atoms with Gasteiger partial charge < -0.3 is 34.1 Å². The number of carboxylic acid groups (broad SMARTS) is 1. The Labute approximate surface area is 461 Å². The van der Waals surface area contributed by atoms with Crippen LogP contribution in [0.2, 0.25) is 0 Å². The predicted molar refractivity (Wildman–Crippen MR) is 297 cm³/mol. The van der Waals surface area contributed by atoms with Crippen molar-refractivity contribution in [2.45, 2.75) is 84.7 Å². The molecule has 2 N–H and O–H groups in total. The van der Waals surface area contributed by atoms with Gasteiger partial charge in [0.05, 0.1) is 80.1 Å². The smallest absolute Gasteiger partial charge is 0.475 e. The van der Waals surface area contributed by atoms with E-state index in [-0.39, 0.29) is 44.5 Å². The van der Waals surface area contributed by atoms with E-state index in [1.807, 2.05) is 65.1 Å². The molecule has 9 heterocycles. The summed E-state index contributed by atoms with van der Waals surface area (Å²) in [6.07, 6.45) is 15.4. The number of nitrogens with one attached hydrogen (secondary N) is 1. The van der Waals surface area contributed by atoms with Gasteiger partial charge in [-0.3, -0.25) is 14.2 Å². The summed E-state index contributed by atoms with van der Waals surface area (Å²) in [5.74, 6) is -2.24. The predicted octanol–water partition coefficient (Wildman–Crippen LogP) is 11.7. The molecule has 0 bridgehead atoms. The Morgan fingerprint density at radius 2 is 1.12 bits per heavy atom. The molecule has 0 saturated carbocycles. The first-order valence-corrected chi connectivity index (χ1v) is 26.3. The van der Waals surface area contributed by atoms with Gasteiger partial charge in [0.15, 0.2) is 0 Å². The first kappa shape index (κ1) is 56.6. The van der Waals surface area contributed by atoms with Gasteiger partial charge in [0.1, 0.15) is 11.6 Å². The van der Waals surface area contributed by atoms with Crippen LogP contribution >= 0.6 is 0 Å². The van der Waals surface area contributed by atoms with E-state index < -0.39 is 12.1 Å². The van der Waals surface area contributed by atoms with Gasteiger partial charge in [0.2, 0.25) is 5.91 Å². The molecule has 13 rings (SSSR count). The molecule has 0 radical (unpaired) electrons. The molecular weight excluding hydrogens is 1030 g/mol. The fourth-order valence-electron chi connectivity index (χ4n) is 11.9. The number of aromatic nitrogens is 8. The van der Waals surface area contributed by atoms with E-state index in [9.17, 15) is 26.7 Å². The summed E-state index contributed by atoms with van der Waals surface area (Å²) in [5, 5.41) is 18.9. The molecule has 5 aliphatic rings. The van der Waals surface area contributed by atoms with Gasteiger partial charge in [-0.1, -0.05) is 63.4 Å². The molecule has 3 saturated heterocycles. The van der Waals surface area contributed by atoms with Gasteiger partial charge in [-0.15, -0.1) is 0 Å². The van der Waals surface area contributed by atoms with E-state index in [0.29, 0.717) is 31.0 Å². The number of anilines is 2. The van der Waals surface area contributed by atoms with Crippen molar-refractivity contribution in [3.63, 3.8) is 0 Å². The SMILES string of the molecule is C.C.CC(=O)NCCn1cc(-c2ccc(N3CCC(C4c5c(F)cccc5-c5cncn54)CC3)cc2)cn1.Fc1cccc2c1C(C1CCN(c3ccc(-c4cnn([C@H]5CCOC5)c4)cc3)CC1)n1cncc1-2.O=C(O)C(F)(F)F. The van der Waals surface area contributed by atoms with E-state index >= 15 is 0 Å². The largest absolute Gasteiger partial charge is 0.490 e. The van der Waals surface area contributed by atoms with E-state index in [4.69, 9.17) is 14.6 Å². The molecule has 0 aliphatic carbocycles. The van der Waals surface area contributed by atoms with E-state index in [1.165, 1.54) is 23.9 Å². The summed E-state index contributed by atoms with van der Waals surface area (Å²) in [5.41, 5.74) is 12.6. The topological polar surface area (TPSA) is 153 Å². The second-order valence-corrected chi connectivity index (χ2v) is 20.4. The number of ether oxygens (including phenoxy) is 1. The van der Waals surface area contributed by atoms with Gasteiger partial charge in [-0.05, 0) is 91.5 Å². The second-order valence-electron chi connectivity index (χ2n) is 20.4. The zero-order chi connectivity index (χ0) is 54.1. The molecule has 1 amide bonds. The van der Waals surface area contributed by atoms with E-state index in [1.54, 1.807) is 24.3 Å². The summed E-state index contributed by atoms with van der Waals surface area (Å²) in [6.45, 7) is 8.09. The van der Waals surface area contributed by atoms with Gasteiger partial charge >= 0.3 is 12.1 Å². The number of piperidine rings is 2. The summed E-state index contributed by atoms with van der Waals surface area (Å²) in [7, 11) is 0. The lowest BCUT2D eigenvalue weighted by Gasteiger charge is -2.37.